The van der Waals surface area contributed by atoms with E-state index in [4.69, 9.17) is 4.99 Å². The minimum atomic E-state index is 0.146. The Morgan fingerprint density at radius 1 is 1.03 bits per heavy atom. The Kier molecular flexibility index (Phi) is 11.2. The molecule has 1 aliphatic rings. The van der Waals surface area contributed by atoms with Crippen LogP contribution in [0.5, 0.6) is 0 Å². The minimum Gasteiger partial charge on any atom is -0.369 e. The summed E-state index contributed by atoms with van der Waals surface area (Å²) in [6.07, 6.45) is 2.21. The topological polar surface area (TPSA) is 54.4 Å². The van der Waals surface area contributed by atoms with Gasteiger partial charge in [-0.1, -0.05) is 18.2 Å². The molecular formula is C24H42N6O. The number of carbonyl (C=O) groups excluding carboxylic acids is 1. The number of nitrogens with one attached hydrogen (secondary N) is 1. The summed E-state index contributed by atoms with van der Waals surface area (Å²) < 4.78 is 0. The molecule has 0 bridgehead atoms. The van der Waals surface area contributed by atoms with Gasteiger partial charge in [-0.3, -0.25) is 14.7 Å². The number of amides is 1. The fourth-order valence-electron chi connectivity index (χ4n) is 3.92. The quantitative estimate of drug-likeness (QED) is 0.332. The third-order valence-corrected chi connectivity index (χ3v) is 5.82. The van der Waals surface area contributed by atoms with Gasteiger partial charge in [-0.25, -0.2) is 0 Å². The van der Waals surface area contributed by atoms with Crippen molar-refractivity contribution in [3.8, 4) is 0 Å². The summed E-state index contributed by atoms with van der Waals surface area (Å²) in [5.41, 5.74) is 1.33. The number of nitrogens with zero attached hydrogens (tertiary/aromatic N) is 5. The number of unbranched alkanes of at least 4 members (excludes halogenated alkanes) is 1. The molecule has 1 saturated heterocycles. The lowest BCUT2D eigenvalue weighted by Gasteiger charge is -2.36. The molecule has 0 unspecified atom stereocenters. The first-order chi connectivity index (χ1) is 15.1. The van der Waals surface area contributed by atoms with Crippen molar-refractivity contribution in [2.75, 3.05) is 77.4 Å². The van der Waals surface area contributed by atoms with E-state index in [0.717, 1.165) is 77.7 Å². The van der Waals surface area contributed by atoms with Gasteiger partial charge in [-0.15, -0.1) is 0 Å². The zero-order chi connectivity index (χ0) is 22.5. The van der Waals surface area contributed by atoms with Gasteiger partial charge in [0.15, 0.2) is 5.96 Å². The van der Waals surface area contributed by atoms with E-state index in [9.17, 15) is 4.79 Å². The Labute approximate surface area is 189 Å². The van der Waals surface area contributed by atoms with Crippen LogP contribution in [0.15, 0.2) is 35.3 Å². The number of piperazine rings is 1. The van der Waals surface area contributed by atoms with Gasteiger partial charge in [0.05, 0.1) is 6.54 Å². The van der Waals surface area contributed by atoms with Crippen LogP contribution < -0.4 is 10.2 Å². The third-order valence-electron chi connectivity index (χ3n) is 5.82. The lowest BCUT2D eigenvalue weighted by Crippen LogP contribution is -2.46. The lowest BCUT2D eigenvalue weighted by molar-refractivity contribution is -0.131. The number of hydrogen-bond donors (Lipinski definition) is 1. The maximum atomic E-state index is 12.4. The number of anilines is 1. The maximum Gasteiger partial charge on any atom is 0.242 e. The molecule has 1 heterocycles. The van der Waals surface area contributed by atoms with Crippen molar-refractivity contribution in [2.24, 2.45) is 4.99 Å². The van der Waals surface area contributed by atoms with Crippen molar-refractivity contribution in [3.63, 3.8) is 0 Å². The molecule has 0 atom stereocenters. The van der Waals surface area contributed by atoms with Gasteiger partial charge in [-0.2, -0.15) is 0 Å². The van der Waals surface area contributed by atoms with Crippen LogP contribution in [0.2, 0.25) is 0 Å². The summed E-state index contributed by atoms with van der Waals surface area (Å²) in [6, 6.07) is 10.7. The van der Waals surface area contributed by atoms with E-state index in [-0.39, 0.29) is 5.91 Å². The molecule has 0 aromatic heterocycles. The van der Waals surface area contributed by atoms with E-state index >= 15 is 0 Å². The molecule has 1 aliphatic heterocycles. The highest BCUT2D eigenvalue weighted by atomic mass is 16.2. The summed E-state index contributed by atoms with van der Waals surface area (Å²) in [7, 11) is 1.94. The first kappa shape index (κ1) is 25.0. The Bertz CT molecular complexity index is 653. The van der Waals surface area contributed by atoms with Crippen molar-refractivity contribution in [1.29, 1.82) is 0 Å². The number of guanidine groups is 1. The van der Waals surface area contributed by atoms with Gasteiger partial charge in [0.25, 0.3) is 0 Å². The molecule has 7 nitrogen and oxygen atoms in total. The molecule has 0 saturated carbocycles. The van der Waals surface area contributed by atoms with Gasteiger partial charge < -0.3 is 20.0 Å². The van der Waals surface area contributed by atoms with Crippen LogP contribution in [0.3, 0.4) is 0 Å². The molecule has 7 heteroatoms. The molecule has 1 aromatic carbocycles. The van der Waals surface area contributed by atoms with Crippen LogP contribution in [0.1, 0.15) is 33.6 Å². The van der Waals surface area contributed by atoms with Gasteiger partial charge in [0.2, 0.25) is 5.91 Å². The van der Waals surface area contributed by atoms with Crippen molar-refractivity contribution >= 4 is 17.6 Å². The number of carbonyl (C=O) groups is 1. The number of hydrogen-bond acceptors (Lipinski definition) is 4. The van der Waals surface area contributed by atoms with E-state index in [1.807, 2.05) is 30.7 Å². The summed E-state index contributed by atoms with van der Waals surface area (Å²) in [5, 5.41) is 3.31. The van der Waals surface area contributed by atoms with Crippen LogP contribution in [0, 0.1) is 0 Å². The average Bonchev–Trinajstić information content (AvgIpc) is 2.80. The monoisotopic (exact) mass is 430 g/mol. The van der Waals surface area contributed by atoms with E-state index in [1.54, 1.807) is 0 Å². The number of benzene rings is 1. The average molecular weight is 431 g/mol. The Morgan fingerprint density at radius 2 is 1.71 bits per heavy atom. The zero-order valence-corrected chi connectivity index (χ0v) is 20.0. The van der Waals surface area contributed by atoms with Crippen LogP contribution in [-0.4, -0.2) is 99.1 Å². The lowest BCUT2D eigenvalue weighted by atomic mass is 10.2. The Hall–Kier alpha value is -2.28. The summed E-state index contributed by atoms with van der Waals surface area (Å²) in [5.74, 6) is 0.965. The molecule has 1 fully saturated rings. The smallest absolute Gasteiger partial charge is 0.242 e. The van der Waals surface area contributed by atoms with Crippen molar-refractivity contribution < 1.29 is 4.79 Å². The predicted molar refractivity (Wildman–Crippen MR) is 131 cm³/mol. The van der Waals surface area contributed by atoms with Crippen LogP contribution in [0.25, 0.3) is 0 Å². The first-order valence-corrected chi connectivity index (χ1v) is 11.9. The van der Waals surface area contributed by atoms with E-state index in [2.05, 4.69) is 52.4 Å². The Balaban J connectivity index is 1.69. The van der Waals surface area contributed by atoms with Crippen molar-refractivity contribution in [1.82, 2.24) is 20.0 Å². The fraction of sp³-hybridized carbons (Fsp3) is 0.667. The van der Waals surface area contributed by atoms with E-state index in [1.165, 1.54) is 5.69 Å². The Morgan fingerprint density at radius 3 is 2.32 bits per heavy atom. The largest absolute Gasteiger partial charge is 0.369 e. The third kappa shape index (κ3) is 8.40. The highest BCUT2D eigenvalue weighted by molar-refractivity contribution is 5.86. The highest BCUT2D eigenvalue weighted by Gasteiger charge is 2.17. The molecule has 0 aliphatic carbocycles. The molecular weight excluding hydrogens is 388 g/mol. The normalized spacial score (nSPS) is 15.1. The van der Waals surface area contributed by atoms with E-state index < -0.39 is 0 Å². The second-order valence-corrected chi connectivity index (χ2v) is 8.03. The van der Waals surface area contributed by atoms with Gasteiger partial charge >= 0.3 is 0 Å². The summed E-state index contributed by atoms with van der Waals surface area (Å²) in [6.45, 7) is 15.1. The first-order valence-electron chi connectivity index (χ1n) is 11.9. The van der Waals surface area contributed by atoms with Gasteiger partial charge in [0, 0.05) is 65.1 Å². The van der Waals surface area contributed by atoms with E-state index in [0.29, 0.717) is 6.54 Å². The molecule has 0 radical (unpaired) electrons. The number of para-hydroxylation sites is 1. The molecule has 1 N–H and O–H groups in total. The van der Waals surface area contributed by atoms with Crippen molar-refractivity contribution in [3.05, 3.63) is 30.3 Å². The van der Waals surface area contributed by atoms with Gasteiger partial charge in [-0.05, 0) is 52.3 Å². The molecule has 1 amide bonds. The summed E-state index contributed by atoms with van der Waals surface area (Å²) in [4.78, 5) is 26.0. The van der Waals surface area contributed by atoms with Crippen LogP contribution in [0.4, 0.5) is 5.69 Å². The molecule has 31 heavy (non-hydrogen) atoms. The SMILES string of the molecule is CCNC(=NCCCCN1CCN(c2ccccc2)CC1)N(C)CC(=O)N(CC)CC. The molecule has 2 rings (SSSR count). The van der Waals surface area contributed by atoms with Crippen LogP contribution >= 0.6 is 0 Å². The highest BCUT2D eigenvalue weighted by Crippen LogP contribution is 2.15. The molecule has 174 valence electrons. The standard InChI is InChI=1S/C24H42N6O/c1-5-25-24(27(4)21-23(31)29(6-2)7-3)26-15-11-12-16-28-17-19-30(20-18-28)22-13-9-8-10-14-22/h8-10,13-14H,5-7,11-12,15-21H2,1-4H3,(H,25,26). The number of aliphatic imine (C=N–C) groups is 1. The van der Waals surface area contributed by atoms with Gasteiger partial charge in [0.1, 0.15) is 0 Å². The second kappa shape index (κ2) is 13.9. The fourth-order valence-corrected chi connectivity index (χ4v) is 3.92. The zero-order valence-electron chi connectivity index (χ0n) is 20.0. The van der Waals surface area contributed by atoms with Crippen LogP contribution in [-0.2, 0) is 4.79 Å². The predicted octanol–water partition coefficient (Wildman–Crippen LogP) is 2.35. The number of rotatable bonds is 11. The minimum absolute atomic E-state index is 0.146. The number of likely N-dealkylation sites (N-methyl/N-ethyl adjacent to an activating group) is 2. The molecule has 1 aromatic rings. The summed E-state index contributed by atoms with van der Waals surface area (Å²) >= 11 is 0. The maximum absolute atomic E-state index is 12.4. The second-order valence-electron chi connectivity index (χ2n) is 8.03. The molecule has 0 spiro atoms. The van der Waals surface area contributed by atoms with Crippen molar-refractivity contribution in [2.45, 2.75) is 33.6 Å².